The zero-order valence-corrected chi connectivity index (χ0v) is 12.2. The van der Waals surface area contributed by atoms with Crippen molar-refractivity contribution < 1.29 is 9.47 Å². The lowest BCUT2D eigenvalue weighted by Crippen LogP contribution is -2.04. The Kier molecular flexibility index (Phi) is 3.86. The van der Waals surface area contributed by atoms with E-state index in [0.717, 1.165) is 11.5 Å². The quantitative estimate of drug-likeness (QED) is 0.445. The SMILES string of the molecule is CC1(SCCCSC2(C)OC2S)OC1S. The van der Waals surface area contributed by atoms with Gasteiger partial charge in [0.1, 0.15) is 20.7 Å². The van der Waals surface area contributed by atoms with Gasteiger partial charge in [-0.2, -0.15) is 0 Å². The summed E-state index contributed by atoms with van der Waals surface area (Å²) in [4.78, 5) is -0.0559. The third-order valence-electron chi connectivity index (χ3n) is 2.54. The molecule has 6 heteroatoms. The number of thioether (sulfide) groups is 2. The van der Waals surface area contributed by atoms with Crippen molar-refractivity contribution in [2.45, 2.75) is 41.0 Å². The Morgan fingerprint density at radius 3 is 1.60 bits per heavy atom. The maximum Gasteiger partial charge on any atom is 0.147 e. The van der Waals surface area contributed by atoms with Gasteiger partial charge in [0.25, 0.3) is 0 Å². The van der Waals surface area contributed by atoms with Gasteiger partial charge in [-0.25, -0.2) is 0 Å². The maximum atomic E-state index is 5.36. The maximum absolute atomic E-state index is 5.36. The molecule has 0 aromatic heterocycles. The third kappa shape index (κ3) is 3.16. The lowest BCUT2D eigenvalue weighted by atomic mass is 10.5. The van der Waals surface area contributed by atoms with Gasteiger partial charge >= 0.3 is 0 Å². The fourth-order valence-corrected chi connectivity index (χ4v) is 4.41. The van der Waals surface area contributed by atoms with Crippen LogP contribution in [-0.4, -0.2) is 32.2 Å². The van der Waals surface area contributed by atoms with Crippen molar-refractivity contribution in [2.75, 3.05) is 11.5 Å². The minimum absolute atomic E-state index is 0.0279. The molecule has 0 radical (unpaired) electrons. The molecule has 2 aliphatic heterocycles. The van der Waals surface area contributed by atoms with Crippen molar-refractivity contribution in [3.63, 3.8) is 0 Å². The lowest BCUT2D eigenvalue weighted by Gasteiger charge is -2.07. The van der Waals surface area contributed by atoms with Gasteiger partial charge in [0.15, 0.2) is 0 Å². The van der Waals surface area contributed by atoms with E-state index in [1.54, 1.807) is 0 Å². The van der Waals surface area contributed by atoms with Crippen molar-refractivity contribution in [1.29, 1.82) is 0 Å². The molecular formula is C9H16O2S4. The number of hydrogen-bond donors (Lipinski definition) is 2. The summed E-state index contributed by atoms with van der Waals surface area (Å²) in [5.74, 6) is 2.24. The Labute approximate surface area is 110 Å². The van der Waals surface area contributed by atoms with Crippen LogP contribution in [-0.2, 0) is 9.47 Å². The molecule has 2 heterocycles. The van der Waals surface area contributed by atoms with Gasteiger partial charge < -0.3 is 9.47 Å². The third-order valence-corrected chi connectivity index (χ3v) is 6.84. The first-order chi connectivity index (χ1) is 6.96. The molecule has 4 unspecified atom stereocenters. The Morgan fingerprint density at radius 2 is 1.33 bits per heavy atom. The largest absolute Gasteiger partial charge is 0.343 e. The highest BCUT2D eigenvalue weighted by atomic mass is 32.2. The van der Waals surface area contributed by atoms with E-state index in [1.807, 2.05) is 23.5 Å². The van der Waals surface area contributed by atoms with E-state index in [0.29, 0.717) is 0 Å². The van der Waals surface area contributed by atoms with Crippen molar-refractivity contribution in [3.05, 3.63) is 0 Å². The van der Waals surface area contributed by atoms with Crippen LogP contribution in [0.15, 0.2) is 0 Å². The number of hydrogen-bond acceptors (Lipinski definition) is 6. The summed E-state index contributed by atoms with van der Waals surface area (Å²) in [5, 5.41) is 0. The fourth-order valence-electron chi connectivity index (χ4n) is 1.19. The number of ether oxygens (including phenoxy) is 2. The monoisotopic (exact) mass is 284 g/mol. The van der Waals surface area contributed by atoms with E-state index in [-0.39, 0.29) is 20.7 Å². The van der Waals surface area contributed by atoms with Gasteiger partial charge in [0, 0.05) is 0 Å². The summed E-state index contributed by atoms with van der Waals surface area (Å²) in [5.41, 5.74) is 0.252. The second-order valence-corrected chi connectivity index (χ2v) is 7.98. The first kappa shape index (κ1) is 12.8. The van der Waals surface area contributed by atoms with Crippen LogP contribution in [0.25, 0.3) is 0 Å². The van der Waals surface area contributed by atoms with Crippen LogP contribution in [0.2, 0.25) is 0 Å². The van der Waals surface area contributed by atoms with Crippen molar-refractivity contribution >= 4 is 48.8 Å². The topological polar surface area (TPSA) is 25.1 Å². The normalized spacial score (nSPS) is 48.0. The second-order valence-electron chi connectivity index (χ2n) is 4.02. The summed E-state index contributed by atoms with van der Waals surface area (Å²) in [6.45, 7) is 4.19. The van der Waals surface area contributed by atoms with Crippen LogP contribution in [0.1, 0.15) is 20.3 Å². The van der Waals surface area contributed by atoms with Crippen molar-refractivity contribution in [1.82, 2.24) is 0 Å². The average molecular weight is 284 g/mol. The van der Waals surface area contributed by atoms with E-state index in [2.05, 4.69) is 39.1 Å². The summed E-state index contributed by atoms with van der Waals surface area (Å²) < 4.78 is 10.7. The van der Waals surface area contributed by atoms with Crippen LogP contribution in [0.5, 0.6) is 0 Å². The molecule has 0 amide bonds. The standard InChI is InChI=1S/C9H16O2S4/c1-8(6(12)10-8)14-4-3-5-15-9(2)7(13)11-9/h6-7,12-13H,3-5H2,1-2H3. The molecular weight excluding hydrogens is 268 g/mol. The number of thiol groups is 2. The van der Waals surface area contributed by atoms with Crippen LogP contribution in [0.4, 0.5) is 0 Å². The first-order valence-electron chi connectivity index (χ1n) is 4.96. The van der Waals surface area contributed by atoms with Crippen molar-refractivity contribution in [2.24, 2.45) is 0 Å². The minimum atomic E-state index is -0.0279. The molecule has 4 atom stereocenters. The number of rotatable bonds is 6. The summed E-state index contributed by atoms with van der Waals surface area (Å²) >= 11 is 12.2. The lowest BCUT2D eigenvalue weighted by molar-refractivity contribution is 0.394. The molecule has 0 aromatic carbocycles. The minimum Gasteiger partial charge on any atom is -0.343 e. The molecule has 88 valence electrons. The Hall–Kier alpha value is 1.32. The van der Waals surface area contributed by atoms with Crippen LogP contribution >= 0.6 is 48.8 Å². The van der Waals surface area contributed by atoms with Crippen LogP contribution in [0, 0.1) is 0 Å². The molecule has 2 nitrogen and oxygen atoms in total. The van der Waals surface area contributed by atoms with E-state index in [9.17, 15) is 0 Å². The molecule has 0 aliphatic carbocycles. The molecule has 2 fully saturated rings. The first-order valence-corrected chi connectivity index (χ1v) is 7.96. The molecule has 0 N–H and O–H groups in total. The fraction of sp³-hybridized carbons (Fsp3) is 1.00. The highest BCUT2D eigenvalue weighted by Gasteiger charge is 2.51. The highest BCUT2D eigenvalue weighted by Crippen LogP contribution is 2.50. The molecule has 0 bridgehead atoms. The highest BCUT2D eigenvalue weighted by molar-refractivity contribution is 8.02. The Morgan fingerprint density at radius 1 is 1.00 bits per heavy atom. The molecule has 2 rings (SSSR count). The zero-order valence-electron chi connectivity index (χ0n) is 8.80. The van der Waals surface area contributed by atoms with E-state index >= 15 is 0 Å². The van der Waals surface area contributed by atoms with Gasteiger partial charge in [0.2, 0.25) is 0 Å². The van der Waals surface area contributed by atoms with Crippen molar-refractivity contribution in [3.8, 4) is 0 Å². The van der Waals surface area contributed by atoms with Crippen LogP contribution in [0.3, 0.4) is 0 Å². The van der Waals surface area contributed by atoms with Gasteiger partial charge in [-0.3, -0.25) is 0 Å². The Bertz CT molecular complexity index is 228. The van der Waals surface area contributed by atoms with Gasteiger partial charge in [-0.05, 0) is 31.8 Å². The van der Waals surface area contributed by atoms with E-state index < -0.39 is 0 Å². The summed E-state index contributed by atoms with van der Waals surface area (Å²) in [6, 6.07) is 0. The second kappa shape index (κ2) is 4.53. The Balaban J connectivity index is 1.50. The van der Waals surface area contributed by atoms with Gasteiger partial charge in [-0.1, -0.05) is 0 Å². The van der Waals surface area contributed by atoms with Gasteiger partial charge in [-0.15, -0.1) is 48.8 Å². The smallest absolute Gasteiger partial charge is 0.147 e. The summed E-state index contributed by atoms with van der Waals surface area (Å²) in [7, 11) is 0. The molecule has 15 heavy (non-hydrogen) atoms. The van der Waals surface area contributed by atoms with E-state index in [1.165, 1.54) is 6.42 Å². The predicted octanol–water partition coefficient (Wildman–Crippen LogP) is 2.85. The van der Waals surface area contributed by atoms with Crippen LogP contribution < -0.4 is 0 Å². The number of epoxide rings is 2. The zero-order chi connectivity index (χ0) is 11.1. The molecule has 0 spiro atoms. The molecule has 2 aliphatic rings. The van der Waals surface area contributed by atoms with E-state index in [4.69, 9.17) is 9.47 Å². The molecule has 0 aromatic rings. The molecule has 2 saturated heterocycles. The van der Waals surface area contributed by atoms with Gasteiger partial charge in [0.05, 0.1) is 0 Å². The molecule has 0 saturated carbocycles. The summed E-state index contributed by atoms with van der Waals surface area (Å²) in [6.07, 6.45) is 1.17. The predicted molar refractivity (Wildman–Crippen MR) is 74.1 cm³/mol. The average Bonchev–Trinajstić information content (AvgIpc) is 2.93.